The van der Waals surface area contributed by atoms with E-state index in [1.807, 2.05) is 19.1 Å². The monoisotopic (exact) mass is 241 g/mol. The molecule has 0 saturated heterocycles. The molecule has 0 fully saturated rings. The highest BCUT2D eigenvalue weighted by molar-refractivity contribution is 7.41. The highest BCUT2D eigenvalue weighted by atomic mass is 35.5. The van der Waals surface area contributed by atoms with E-state index in [9.17, 15) is 5.11 Å². The molecule has 0 spiro atoms. The number of aryl methyl sites for hydroxylation is 1. The molecule has 0 heterocycles. The summed E-state index contributed by atoms with van der Waals surface area (Å²) < 4.78 is 0. The molecule has 0 aliphatic rings. The van der Waals surface area contributed by atoms with Crippen LogP contribution < -0.4 is 5.11 Å². The van der Waals surface area contributed by atoms with E-state index < -0.39 is 0 Å². The topological polar surface area (TPSA) is 23.1 Å². The predicted molar refractivity (Wildman–Crippen MR) is 67.0 cm³/mol. The summed E-state index contributed by atoms with van der Waals surface area (Å²) in [6.07, 6.45) is 1.01. The van der Waals surface area contributed by atoms with Crippen molar-refractivity contribution >= 4 is 25.3 Å². The lowest BCUT2D eigenvalue weighted by atomic mass is 10.1. The third-order valence-electron chi connectivity index (χ3n) is 2.36. The van der Waals surface area contributed by atoms with Crippen molar-refractivity contribution in [1.29, 1.82) is 0 Å². The zero-order valence-electron chi connectivity index (χ0n) is 9.25. The van der Waals surface area contributed by atoms with Crippen molar-refractivity contribution in [3.05, 3.63) is 34.3 Å². The van der Waals surface area contributed by atoms with E-state index in [1.165, 1.54) is 0 Å². The molecular weight excluding hydrogens is 227 g/mol. The van der Waals surface area contributed by atoms with Crippen molar-refractivity contribution < 1.29 is 5.11 Å². The maximum Gasteiger partial charge on any atom is 0.0474 e. The van der Waals surface area contributed by atoms with Crippen molar-refractivity contribution in [3.63, 3.8) is 0 Å². The van der Waals surface area contributed by atoms with Crippen LogP contribution in [0.4, 0.5) is 0 Å². The third kappa shape index (κ3) is 3.31. The predicted octanol–water partition coefficient (Wildman–Crippen LogP) is 3.23. The van der Waals surface area contributed by atoms with Crippen LogP contribution in [0.3, 0.4) is 0 Å². The molecule has 0 aliphatic carbocycles. The van der Waals surface area contributed by atoms with Gasteiger partial charge in [0.15, 0.2) is 0 Å². The first-order valence-corrected chi connectivity index (χ1v) is 6.40. The molecule has 0 aliphatic heterocycles. The lowest BCUT2D eigenvalue weighted by Gasteiger charge is -2.18. The molecule has 1 unspecified atom stereocenters. The van der Waals surface area contributed by atoms with Gasteiger partial charge in [0, 0.05) is 5.02 Å². The molecule has 1 nitrogen and oxygen atoms in total. The second kappa shape index (κ2) is 5.65. The number of benzene rings is 1. The summed E-state index contributed by atoms with van der Waals surface area (Å²) in [7, 11) is 0.842. The first-order chi connectivity index (χ1) is 7.06. The Balaban J connectivity index is 3.10. The molecule has 0 amide bonds. The lowest BCUT2D eigenvalue weighted by Crippen LogP contribution is -2.19. The summed E-state index contributed by atoms with van der Waals surface area (Å²) >= 11 is 6.03. The standard InChI is InChI=1S/C12H16ClOP/c1-4-9(3)15-12(14)11-8(2)6-5-7-10(11)13/h5-7,9,14H,4H2,1-3H3/p-1. The maximum absolute atomic E-state index is 12.0. The zero-order chi connectivity index (χ0) is 11.4. The van der Waals surface area contributed by atoms with Gasteiger partial charge in [0.2, 0.25) is 0 Å². The lowest BCUT2D eigenvalue weighted by molar-refractivity contribution is -0.207. The van der Waals surface area contributed by atoms with Gasteiger partial charge in [-0.15, -0.1) is 13.7 Å². The van der Waals surface area contributed by atoms with Gasteiger partial charge < -0.3 is 5.11 Å². The quantitative estimate of drug-likeness (QED) is 0.745. The second-order valence-electron chi connectivity index (χ2n) is 3.62. The Morgan fingerprint density at radius 2 is 2.20 bits per heavy atom. The van der Waals surface area contributed by atoms with Crippen molar-refractivity contribution in [3.8, 4) is 0 Å². The summed E-state index contributed by atoms with van der Waals surface area (Å²) in [4.78, 5) is 0. The maximum atomic E-state index is 12.0. The fourth-order valence-corrected chi connectivity index (χ4v) is 2.64. The van der Waals surface area contributed by atoms with Crippen LogP contribution in [0.15, 0.2) is 18.2 Å². The number of hydrogen-bond donors (Lipinski definition) is 0. The first kappa shape index (κ1) is 12.7. The van der Waals surface area contributed by atoms with Crippen LogP contribution in [0.25, 0.3) is 0 Å². The Morgan fingerprint density at radius 1 is 1.53 bits per heavy atom. The molecular formula is C12H15ClOP-. The first-order valence-electron chi connectivity index (χ1n) is 5.06. The van der Waals surface area contributed by atoms with E-state index in [2.05, 4.69) is 13.8 Å². The fraction of sp³-hybridized carbons (Fsp3) is 0.417. The Hall–Kier alpha value is -0.360. The number of hydrogen-bond acceptors (Lipinski definition) is 1. The largest absolute Gasteiger partial charge is 0.823 e. The van der Waals surface area contributed by atoms with Gasteiger partial charge in [-0.1, -0.05) is 37.6 Å². The number of rotatable bonds is 3. The van der Waals surface area contributed by atoms with Crippen LogP contribution in [0, 0.1) is 6.92 Å². The van der Waals surface area contributed by atoms with Crippen LogP contribution in [0.5, 0.6) is 0 Å². The van der Waals surface area contributed by atoms with Gasteiger partial charge in [0.25, 0.3) is 0 Å². The van der Waals surface area contributed by atoms with Gasteiger partial charge in [-0.25, -0.2) is 0 Å². The SMILES string of the molecule is CCC(C)P=C([O-])c1c(C)cccc1Cl. The van der Waals surface area contributed by atoms with Gasteiger partial charge in [-0.05, 0) is 36.2 Å². The summed E-state index contributed by atoms with van der Waals surface area (Å²) in [5.41, 5.74) is 2.17. The Bertz CT molecular complexity index is 354. The van der Waals surface area contributed by atoms with E-state index in [4.69, 9.17) is 11.6 Å². The zero-order valence-corrected chi connectivity index (χ0v) is 10.9. The molecule has 0 saturated carbocycles. The Labute approximate surface area is 97.9 Å². The van der Waals surface area contributed by atoms with Crippen molar-refractivity contribution in [1.82, 2.24) is 0 Å². The summed E-state index contributed by atoms with van der Waals surface area (Å²) in [5.74, 6) is 0. The van der Waals surface area contributed by atoms with Gasteiger partial charge in [0.05, 0.1) is 0 Å². The molecule has 0 radical (unpaired) electrons. The minimum atomic E-state index is 0.132. The molecule has 0 N–H and O–H groups in total. The minimum absolute atomic E-state index is 0.132. The van der Waals surface area contributed by atoms with Crippen LogP contribution in [0.2, 0.25) is 5.02 Å². The van der Waals surface area contributed by atoms with E-state index in [0.29, 0.717) is 16.2 Å². The van der Waals surface area contributed by atoms with Crippen LogP contribution in [-0.4, -0.2) is 11.1 Å². The number of halogens is 1. The summed E-state index contributed by atoms with van der Waals surface area (Å²) in [6, 6.07) is 5.56. The van der Waals surface area contributed by atoms with Crippen LogP contribution in [-0.2, 0) is 0 Å². The van der Waals surface area contributed by atoms with E-state index in [1.54, 1.807) is 6.07 Å². The van der Waals surface area contributed by atoms with E-state index >= 15 is 0 Å². The van der Waals surface area contributed by atoms with Crippen LogP contribution >= 0.6 is 19.8 Å². The molecule has 0 bridgehead atoms. The Morgan fingerprint density at radius 3 is 2.73 bits per heavy atom. The molecule has 1 atom stereocenters. The summed E-state index contributed by atoms with van der Waals surface area (Å²) in [5, 5.41) is 12.5. The minimum Gasteiger partial charge on any atom is -0.823 e. The third-order valence-corrected chi connectivity index (χ3v) is 3.94. The molecule has 1 rings (SSSR count). The van der Waals surface area contributed by atoms with E-state index in [-0.39, 0.29) is 5.48 Å². The molecule has 1 aromatic carbocycles. The highest BCUT2D eigenvalue weighted by Crippen LogP contribution is 2.23. The van der Waals surface area contributed by atoms with Crippen LogP contribution in [0.1, 0.15) is 31.4 Å². The Kier molecular flexibility index (Phi) is 4.79. The van der Waals surface area contributed by atoms with Gasteiger partial charge in [0.1, 0.15) is 0 Å². The average molecular weight is 242 g/mol. The highest BCUT2D eigenvalue weighted by Gasteiger charge is 2.03. The molecule has 0 aromatic heterocycles. The average Bonchev–Trinajstić information content (AvgIpc) is 2.17. The van der Waals surface area contributed by atoms with Gasteiger partial charge in [-0.3, -0.25) is 0 Å². The molecule has 15 heavy (non-hydrogen) atoms. The smallest absolute Gasteiger partial charge is 0.0474 e. The van der Waals surface area contributed by atoms with Crippen molar-refractivity contribution in [2.24, 2.45) is 0 Å². The summed E-state index contributed by atoms with van der Waals surface area (Å²) in [6.45, 7) is 6.08. The molecule has 1 aromatic rings. The van der Waals surface area contributed by atoms with Gasteiger partial charge in [-0.2, -0.15) is 0 Å². The second-order valence-corrected chi connectivity index (χ2v) is 5.58. The van der Waals surface area contributed by atoms with E-state index in [0.717, 1.165) is 20.2 Å². The molecule has 82 valence electrons. The molecule has 3 heteroatoms. The normalized spacial score (nSPS) is 14.1. The fourth-order valence-electron chi connectivity index (χ4n) is 1.26. The van der Waals surface area contributed by atoms with Crippen molar-refractivity contribution in [2.75, 3.05) is 0 Å². The van der Waals surface area contributed by atoms with Gasteiger partial charge >= 0.3 is 0 Å². The van der Waals surface area contributed by atoms with Crippen molar-refractivity contribution in [2.45, 2.75) is 32.9 Å².